The van der Waals surface area contributed by atoms with Crippen molar-refractivity contribution >= 4 is 11.6 Å². The van der Waals surface area contributed by atoms with Gasteiger partial charge in [0, 0.05) is 10.6 Å². The van der Waals surface area contributed by atoms with Gasteiger partial charge in [-0.1, -0.05) is 29.8 Å². The maximum Gasteiger partial charge on any atom is 0.126 e. The predicted molar refractivity (Wildman–Crippen MR) is 76.8 cm³/mol. The van der Waals surface area contributed by atoms with E-state index in [1.165, 1.54) is 29.2 Å². The molecule has 0 bridgehead atoms. The average molecular weight is 304 g/mol. The number of benzene rings is 2. The lowest BCUT2D eigenvalue weighted by atomic mass is 10.1. The number of aliphatic hydroxyl groups excluding tert-OH is 1. The number of hydrogen-bond acceptors (Lipinski definition) is 3. The summed E-state index contributed by atoms with van der Waals surface area (Å²) in [5, 5.41) is 18.9. The van der Waals surface area contributed by atoms with Crippen LogP contribution in [0, 0.1) is 5.82 Å². The third-order valence-electron chi connectivity index (χ3n) is 3.03. The second-order valence-electron chi connectivity index (χ2n) is 4.46. The Kier molecular flexibility index (Phi) is 3.68. The SMILES string of the molecule is OC(c1cnn(-c2ccccc2)n1)c1cc(F)ccc1Cl. The Labute approximate surface area is 125 Å². The van der Waals surface area contributed by atoms with E-state index in [4.69, 9.17) is 11.6 Å². The molecule has 1 aromatic heterocycles. The molecule has 106 valence electrons. The number of aromatic nitrogens is 3. The molecule has 0 aliphatic heterocycles. The number of halogens is 2. The number of rotatable bonds is 3. The summed E-state index contributed by atoms with van der Waals surface area (Å²) in [6, 6.07) is 13.1. The second kappa shape index (κ2) is 5.63. The molecule has 1 N–H and O–H groups in total. The van der Waals surface area contributed by atoms with E-state index in [1.807, 2.05) is 30.3 Å². The van der Waals surface area contributed by atoms with Crippen LogP contribution >= 0.6 is 11.6 Å². The van der Waals surface area contributed by atoms with E-state index in [1.54, 1.807) is 0 Å². The van der Waals surface area contributed by atoms with Gasteiger partial charge in [0.2, 0.25) is 0 Å². The lowest BCUT2D eigenvalue weighted by Gasteiger charge is -2.09. The smallest absolute Gasteiger partial charge is 0.126 e. The van der Waals surface area contributed by atoms with Gasteiger partial charge in [-0.05, 0) is 30.3 Å². The summed E-state index contributed by atoms with van der Waals surface area (Å²) in [5.74, 6) is -0.469. The molecule has 1 heterocycles. The predicted octanol–water partition coefficient (Wildman–Crippen LogP) is 3.14. The molecule has 2 aromatic carbocycles. The van der Waals surface area contributed by atoms with Crippen molar-refractivity contribution in [3.05, 3.63) is 76.8 Å². The minimum absolute atomic E-state index is 0.261. The van der Waals surface area contributed by atoms with Crippen molar-refractivity contribution in [3.8, 4) is 5.69 Å². The molecule has 0 saturated heterocycles. The fourth-order valence-corrected chi connectivity index (χ4v) is 2.19. The highest BCUT2D eigenvalue weighted by Crippen LogP contribution is 2.27. The van der Waals surface area contributed by atoms with E-state index >= 15 is 0 Å². The molecule has 3 aromatic rings. The third kappa shape index (κ3) is 2.79. The minimum Gasteiger partial charge on any atom is -0.382 e. The molecule has 0 spiro atoms. The van der Waals surface area contributed by atoms with E-state index in [0.717, 1.165) is 5.69 Å². The van der Waals surface area contributed by atoms with Crippen LogP contribution in [-0.4, -0.2) is 20.1 Å². The Balaban J connectivity index is 1.94. The fourth-order valence-electron chi connectivity index (χ4n) is 1.97. The van der Waals surface area contributed by atoms with Gasteiger partial charge in [-0.15, -0.1) is 0 Å². The van der Waals surface area contributed by atoms with Gasteiger partial charge < -0.3 is 5.11 Å². The first-order valence-corrected chi connectivity index (χ1v) is 6.63. The highest BCUT2D eigenvalue weighted by molar-refractivity contribution is 6.31. The van der Waals surface area contributed by atoms with Gasteiger partial charge in [0.15, 0.2) is 0 Å². The first-order valence-electron chi connectivity index (χ1n) is 6.26. The van der Waals surface area contributed by atoms with E-state index in [-0.39, 0.29) is 10.6 Å². The van der Waals surface area contributed by atoms with Gasteiger partial charge in [0.05, 0.1) is 11.9 Å². The highest BCUT2D eigenvalue weighted by atomic mass is 35.5. The maximum atomic E-state index is 13.3. The molecule has 21 heavy (non-hydrogen) atoms. The molecule has 0 aliphatic carbocycles. The summed E-state index contributed by atoms with van der Waals surface area (Å²) in [5.41, 5.74) is 1.32. The van der Waals surface area contributed by atoms with E-state index in [0.29, 0.717) is 5.69 Å². The largest absolute Gasteiger partial charge is 0.382 e. The summed E-state index contributed by atoms with van der Waals surface area (Å²) in [6.07, 6.45) is 0.296. The number of aliphatic hydroxyl groups is 1. The van der Waals surface area contributed by atoms with Crippen LogP contribution in [0.1, 0.15) is 17.4 Å². The van der Waals surface area contributed by atoms with Gasteiger partial charge in [-0.25, -0.2) is 4.39 Å². The first-order chi connectivity index (χ1) is 10.1. The van der Waals surface area contributed by atoms with Gasteiger partial charge in [-0.3, -0.25) is 0 Å². The molecule has 0 radical (unpaired) electrons. The number of hydrogen-bond donors (Lipinski definition) is 1. The summed E-state index contributed by atoms with van der Waals surface area (Å²) >= 11 is 5.98. The molecule has 0 amide bonds. The summed E-state index contributed by atoms with van der Waals surface area (Å²) in [6.45, 7) is 0. The van der Waals surface area contributed by atoms with Crippen LogP contribution in [0.3, 0.4) is 0 Å². The molecule has 4 nitrogen and oxygen atoms in total. The lowest BCUT2D eigenvalue weighted by molar-refractivity contribution is 0.214. The summed E-state index contributed by atoms with van der Waals surface area (Å²) in [7, 11) is 0. The maximum absolute atomic E-state index is 13.3. The van der Waals surface area contributed by atoms with Crippen molar-refractivity contribution in [3.63, 3.8) is 0 Å². The van der Waals surface area contributed by atoms with Crippen molar-refractivity contribution < 1.29 is 9.50 Å². The van der Waals surface area contributed by atoms with Gasteiger partial charge in [-0.2, -0.15) is 15.0 Å². The third-order valence-corrected chi connectivity index (χ3v) is 3.37. The standard InChI is InChI=1S/C15H11ClFN3O/c16-13-7-6-10(17)8-12(13)15(21)14-9-18-20(19-14)11-4-2-1-3-5-11/h1-9,15,21H. The van der Waals surface area contributed by atoms with Gasteiger partial charge >= 0.3 is 0 Å². The van der Waals surface area contributed by atoms with Crippen LogP contribution in [0.5, 0.6) is 0 Å². The van der Waals surface area contributed by atoms with Crippen molar-refractivity contribution in [2.24, 2.45) is 0 Å². The van der Waals surface area contributed by atoms with E-state index in [9.17, 15) is 9.50 Å². The zero-order valence-corrected chi connectivity index (χ0v) is 11.6. The average Bonchev–Trinajstić information content (AvgIpc) is 3.00. The highest BCUT2D eigenvalue weighted by Gasteiger charge is 2.18. The molecule has 0 fully saturated rings. The Hall–Kier alpha value is -2.24. The zero-order chi connectivity index (χ0) is 14.8. The van der Waals surface area contributed by atoms with Crippen molar-refractivity contribution in [2.75, 3.05) is 0 Å². The van der Waals surface area contributed by atoms with Crippen LogP contribution in [-0.2, 0) is 0 Å². The molecule has 0 aliphatic rings. The Bertz CT molecular complexity index is 761. The zero-order valence-electron chi connectivity index (χ0n) is 10.8. The minimum atomic E-state index is -1.13. The summed E-state index contributed by atoms with van der Waals surface area (Å²) < 4.78 is 13.3. The molecular formula is C15H11ClFN3O. The van der Waals surface area contributed by atoms with Crippen molar-refractivity contribution in [2.45, 2.75) is 6.10 Å². The lowest BCUT2D eigenvalue weighted by Crippen LogP contribution is -2.04. The van der Waals surface area contributed by atoms with Gasteiger partial charge in [0.1, 0.15) is 17.6 Å². The van der Waals surface area contributed by atoms with Crippen LogP contribution in [0.2, 0.25) is 5.02 Å². The van der Waals surface area contributed by atoms with Crippen LogP contribution in [0.15, 0.2) is 54.7 Å². The fraction of sp³-hybridized carbons (Fsp3) is 0.0667. The van der Waals surface area contributed by atoms with Crippen molar-refractivity contribution in [1.29, 1.82) is 0 Å². The molecular weight excluding hydrogens is 293 g/mol. The van der Waals surface area contributed by atoms with E-state index in [2.05, 4.69) is 10.2 Å². The van der Waals surface area contributed by atoms with Crippen LogP contribution in [0.25, 0.3) is 5.69 Å². The first kappa shape index (κ1) is 13.7. The molecule has 0 saturated carbocycles. The van der Waals surface area contributed by atoms with E-state index < -0.39 is 11.9 Å². The Morgan fingerprint density at radius 3 is 2.67 bits per heavy atom. The topological polar surface area (TPSA) is 50.9 Å². The molecule has 6 heteroatoms. The Morgan fingerprint density at radius 2 is 1.90 bits per heavy atom. The monoisotopic (exact) mass is 303 g/mol. The van der Waals surface area contributed by atoms with Crippen LogP contribution in [0.4, 0.5) is 4.39 Å². The summed E-state index contributed by atoms with van der Waals surface area (Å²) in [4.78, 5) is 1.39. The van der Waals surface area contributed by atoms with Crippen LogP contribution < -0.4 is 0 Å². The second-order valence-corrected chi connectivity index (χ2v) is 4.87. The molecule has 1 unspecified atom stereocenters. The van der Waals surface area contributed by atoms with Crippen molar-refractivity contribution in [1.82, 2.24) is 15.0 Å². The quantitative estimate of drug-likeness (QED) is 0.808. The Morgan fingerprint density at radius 1 is 1.14 bits per heavy atom. The number of nitrogens with zero attached hydrogens (tertiary/aromatic N) is 3. The number of para-hydroxylation sites is 1. The molecule has 1 atom stereocenters. The normalized spacial score (nSPS) is 12.3. The van der Waals surface area contributed by atoms with Gasteiger partial charge in [0.25, 0.3) is 0 Å². The molecule has 3 rings (SSSR count).